The van der Waals surface area contributed by atoms with Crippen molar-refractivity contribution in [3.63, 3.8) is 0 Å². The molecule has 0 aliphatic carbocycles. The molecule has 1 spiro atoms. The van der Waals surface area contributed by atoms with E-state index in [4.69, 9.17) is 9.47 Å². The second-order valence-electron chi connectivity index (χ2n) is 8.72. The van der Waals surface area contributed by atoms with E-state index in [1.165, 1.54) is 5.56 Å². The predicted octanol–water partition coefficient (Wildman–Crippen LogP) is 4.11. The summed E-state index contributed by atoms with van der Waals surface area (Å²) in [5, 5.41) is 0. The molecule has 0 aromatic heterocycles. The number of carbonyl (C=O) groups is 2. The van der Waals surface area contributed by atoms with E-state index in [1.54, 1.807) is 30.0 Å². The fourth-order valence-electron chi connectivity index (χ4n) is 4.67. The molecular weight excluding hydrogens is 440 g/mol. The lowest BCUT2D eigenvalue weighted by Gasteiger charge is -2.49. The molecule has 0 radical (unpaired) electrons. The molecule has 2 fully saturated rings. The molecule has 2 aromatic rings. The van der Waals surface area contributed by atoms with Gasteiger partial charge in [0.2, 0.25) is 0 Å². The Labute approximate surface area is 202 Å². The van der Waals surface area contributed by atoms with Crippen LogP contribution in [0.3, 0.4) is 0 Å². The third kappa shape index (κ3) is 5.94. The maximum Gasteiger partial charge on any atom is 0.338 e. The number of amides is 1. The molecule has 0 N–H and O–H groups in total. The Morgan fingerprint density at radius 2 is 1.85 bits per heavy atom. The van der Waals surface area contributed by atoms with E-state index in [1.807, 2.05) is 19.1 Å². The first-order chi connectivity index (χ1) is 15.5. The van der Waals surface area contributed by atoms with Gasteiger partial charge in [0.25, 0.3) is 5.91 Å². The van der Waals surface area contributed by atoms with E-state index in [2.05, 4.69) is 29.2 Å². The number of morpholine rings is 1. The van der Waals surface area contributed by atoms with Crippen molar-refractivity contribution >= 4 is 30.0 Å². The van der Waals surface area contributed by atoms with Gasteiger partial charge in [-0.1, -0.05) is 36.4 Å². The standard InChI is InChI=1S/C26H32N2O4.ClH/c1-3-31-25(30)22-10-7-11-23(18-22)28-19-26(32-20(2)24(28)29)13-16-27(17-14-26)15-12-21-8-5-4-6-9-21;/h4-11,18,20H,3,12-17,19H2,1-2H3;1H. The van der Waals surface area contributed by atoms with E-state index >= 15 is 0 Å². The van der Waals surface area contributed by atoms with Crippen LogP contribution in [-0.4, -0.2) is 61.3 Å². The molecule has 2 saturated heterocycles. The molecule has 0 saturated carbocycles. The van der Waals surface area contributed by atoms with Gasteiger partial charge in [-0.05, 0) is 56.9 Å². The van der Waals surface area contributed by atoms with E-state index < -0.39 is 6.10 Å². The molecule has 6 nitrogen and oxygen atoms in total. The lowest BCUT2D eigenvalue weighted by Crippen LogP contribution is -2.61. The van der Waals surface area contributed by atoms with Crippen LogP contribution < -0.4 is 4.90 Å². The molecule has 7 heteroatoms. The van der Waals surface area contributed by atoms with Gasteiger partial charge in [0, 0.05) is 25.3 Å². The first-order valence-corrected chi connectivity index (χ1v) is 11.5. The Balaban J connectivity index is 0.00000306. The molecule has 1 unspecified atom stereocenters. The van der Waals surface area contributed by atoms with Crippen LogP contribution in [0.25, 0.3) is 0 Å². The summed E-state index contributed by atoms with van der Waals surface area (Å²) >= 11 is 0. The molecule has 0 bridgehead atoms. The second-order valence-corrected chi connectivity index (χ2v) is 8.72. The SMILES string of the molecule is CCOC(=O)c1cccc(N2CC3(CCN(CCc4ccccc4)CC3)OC(C)C2=O)c1.Cl. The minimum Gasteiger partial charge on any atom is -0.462 e. The third-order valence-electron chi connectivity index (χ3n) is 6.48. The fraction of sp³-hybridized carbons (Fsp3) is 0.462. The number of esters is 1. The normalized spacial score (nSPS) is 20.4. The predicted molar refractivity (Wildman–Crippen MR) is 131 cm³/mol. The number of hydrogen-bond acceptors (Lipinski definition) is 5. The van der Waals surface area contributed by atoms with Crippen molar-refractivity contribution < 1.29 is 19.1 Å². The maximum atomic E-state index is 13.0. The topological polar surface area (TPSA) is 59.1 Å². The number of hydrogen-bond donors (Lipinski definition) is 0. The van der Waals surface area contributed by atoms with Gasteiger partial charge in [-0.15, -0.1) is 12.4 Å². The zero-order valence-corrected chi connectivity index (χ0v) is 20.2. The lowest BCUT2D eigenvalue weighted by molar-refractivity contribution is -0.161. The fourth-order valence-corrected chi connectivity index (χ4v) is 4.67. The molecule has 2 heterocycles. The lowest BCUT2D eigenvalue weighted by atomic mass is 9.88. The summed E-state index contributed by atoms with van der Waals surface area (Å²) in [6, 6.07) is 17.7. The monoisotopic (exact) mass is 472 g/mol. The quantitative estimate of drug-likeness (QED) is 0.592. The van der Waals surface area contributed by atoms with E-state index in [9.17, 15) is 9.59 Å². The first-order valence-electron chi connectivity index (χ1n) is 11.5. The number of carbonyl (C=O) groups excluding carboxylic acids is 2. The van der Waals surface area contributed by atoms with Crippen LogP contribution in [0.15, 0.2) is 54.6 Å². The summed E-state index contributed by atoms with van der Waals surface area (Å²) in [7, 11) is 0. The van der Waals surface area contributed by atoms with Crippen molar-refractivity contribution in [3.05, 3.63) is 65.7 Å². The second kappa shape index (κ2) is 11.1. The summed E-state index contributed by atoms with van der Waals surface area (Å²) in [5.41, 5.74) is 2.19. The number of benzene rings is 2. The van der Waals surface area contributed by atoms with Gasteiger partial charge in [0.1, 0.15) is 6.10 Å². The van der Waals surface area contributed by atoms with Crippen molar-refractivity contribution in [2.75, 3.05) is 37.7 Å². The van der Waals surface area contributed by atoms with Gasteiger partial charge in [0.05, 0.1) is 24.3 Å². The Bertz CT molecular complexity index is 944. The molecule has 2 aliphatic rings. The number of piperidine rings is 1. The van der Waals surface area contributed by atoms with Gasteiger partial charge in [0.15, 0.2) is 0 Å². The zero-order chi connectivity index (χ0) is 22.6. The number of anilines is 1. The smallest absolute Gasteiger partial charge is 0.338 e. The minimum absolute atomic E-state index is 0. The molecule has 33 heavy (non-hydrogen) atoms. The maximum absolute atomic E-state index is 13.0. The summed E-state index contributed by atoms with van der Waals surface area (Å²) in [6.45, 7) is 7.36. The Morgan fingerprint density at radius 1 is 1.12 bits per heavy atom. The van der Waals surface area contributed by atoms with Crippen LogP contribution in [0.5, 0.6) is 0 Å². The average molecular weight is 473 g/mol. The van der Waals surface area contributed by atoms with Crippen LogP contribution >= 0.6 is 12.4 Å². The summed E-state index contributed by atoms with van der Waals surface area (Å²) in [5.74, 6) is -0.437. The van der Waals surface area contributed by atoms with Crippen molar-refractivity contribution in [2.24, 2.45) is 0 Å². The molecule has 2 aliphatic heterocycles. The van der Waals surface area contributed by atoms with Crippen LogP contribution in [0, 0.1) is 0 Å². The van der Waals surface area contributed by atoms with E-state index in [0.717, 1.165) is 44.6 Å². The zero-order valence-electron chi connectivity index (χ0n) is 19.4. The van der Waals surface area contributed by atoms with E-state index in [0.29, 0.717) is 18.7 Å². The van der Waals surface area contributed by atoms with Gasteiger partial charge in [-0.3, -0.25) is 4.79 Å². The molecule has 1 atom stereocenters. The highest BCUT2D eigenvalue weighted by Gasteiger charge is 2.45. The number of likely N-dealkylation sites (tertiary alicyclic amines) is 1. The average Bonchev–Trinajstić information content (AvgIpc) is 2.82. The Hall–Kier alpha value is -2.41. The molecule has 178 valence electrons. The first kappa shape index (κ1) is 25.2. The molecular formula is C26H33ClN2O4. The van der Waals surface area contributed by atoms with Crippen LogP contribution in [-0.2, 0) is 20.7 Å². The molecule has 4 rings (SSSR count). The summed E-state index contributed by atoms with van der Waals surface area (Å²) < 4.78 is 11.4. The third-order valence-corrected chi connectivity index (χ3v) is 6.48. The molecule has 2 aromatic carbocycles. The van der Waals surface area contributed by atoms with Gasteiger partial charge >= 0.3 is 5.97 Å². The van der Waals surface area contributed by atoms with Crippen LogP contribution in [0.1, 0.15) is 42.6 Å². The van der Waals surface area contributed by atoms with Crippen molar-refractivity contribution in [1.29, 1.82) is 0 Å². The Morgan fingerprint density at radius 3 is 2.55 bits per heavy atom. The highest BCUT2D eigenvalue weighted by Crippen LogP contribution is 2.35. The highest BCUT2D eigenvalue weighted by atomic mass is 35.5. The summed E-state index contributed by atoms with van der Waals surface area (Å²) in [6.07, 6.45) is 2.29. The molecule has 1 amide bonds. The van der Waals surface area contributed by atoms with Crippen molar-refractivity contribution in [2.45, 2.75) is 44.8 Å². The van der Waals surface area contributed by atoms with E-state index in [-0.39, 0.29) is 29.9 Å². The van der Waals surface area contributed by atoms with Gasteiger partial charge < -0.3 is 19.3 Å². The highest BCUT2D eigenvalue weighted by molar-refractivity contribution is 5.99. The van der Waals surface area contributed by atoms with Crippen LogP contribution in [0.2, 0.25) is 0 Å². The minimum atomic E-state index is -0.508. The van der Waals surface area contributed by atoms with Gasteiger partial charge in [-0.2, -0.15) is 0 Å². The number of nitrogens with zero attached hydrogens (tertiary/aromatic N) is 2. The largest absolute Gasteiger partial charge is 0.462 e. The number of halogens is 1. The van der Waals surface area contributed by atoms with Crippen molar-refractivity contribution in [1.82, 2.24) is 4.90 Å². The Kier molecular flexibility index (Phi) is 8.51. The van der Waals surface area contributed by atoms with Gasteiger partial charge in [-0.25, -0.2) is 4.79 Å². The number of rotatable bonds is 6. The summed E-state index contributed by atoms with van der Waals surface area (Å²) in [4.78, 5) is 29.4. The van der Waals surface area contributed by atoms with Crippen LogP contribution in [0.4, 0.5) is 5.69 Å². The number of ether oxygens (including phenoxy) is 2. The van der Waals surface area contributed by atoms with Crippen molar-refractivity contribution in [3.8, 4) is 0 Å².